The van der Waals surface area contributed by atoms with Crippen LogP contribution < -0.4 is 0 Å². The number of fused-ring (bicyclic) bond motifs is 1. The minimum absolute atomic E-state index is 0.145. The van der Waals surface area contributed by atoms with Gasteiger partial charge in [0.05, 0.1) is 12.2 Å². The molecule has 2 N–H and O–H groups in total. The molecule has 0 aliphatic heterocycles. The molecule has 3 atom stereocenters. The van der Waals surface area contributed by atoms with Crippen molar-refractivity contribution < 1.29 is 10.2 Å². The molecule has 3 nitrogen and oxygen atoms in total. The highest BCUT2D eigenvalue weighted by Crippen LogP contribution is 2.33. The highest BCUT2D eigenvalue weighted by Gasteiger charge is 2.32. The molecular weight excluding hydrogens is 214 g/mol. The lowest BCUT2D eigenvalue weighted by atomic mass is 10.1. The molecule has 17 heavy (non-hydrogen) atoms. The summed E-state index contributed by atoms with van der Waals surface area (Å²) in [5.41, 5.74) is 2.30. The normalized spacial score (nSPS) is 25.0. The molecule has 0 saturated heterocycles. The minimum atomic E-state index is -0.398. The van der Waals surface area contributed by atoms with E-state index >= 15 is 0 Å². The lowest BCUT2D eigenvalue weighted by Gasteiger charge is -2.27. The first-order valence-corrected chi connectivity index (χ1v) is 6.23. The Labute approximate surface area is 103 Å². The number of likely N-dealkylation sites (N-methyl/N-ethyl adjacent to an activating group) is 1. The van der Waals surface area contributed by atoms with E-state index in [-0.39, 0.29) is 12.1 Å². The molecular formula is C14H21NO2. The largest absolute Gasteiger partial charge is 0.393 e. The summed E-state index contributed by atoms with van der Waals surface area (Å²) >= 11 is 0. The predicted octanol–water partition coefficient (Wildman–Crippen LogP) is 1.35. The fourth-order valence-electron chi connectivity index (χ4n) is 2.51. The van der Waals surface area contributed by atoms with E-state index < -0.39 is 6.10 Å². The van der Waals surface area contributed by atoms with Crippen LogP contribution in [0.25, 0.3) is 0 Å². The molecule has 3 unspecified atom stereocenters. The number of hydrogen-bond donors (Lipinski definition) is 2. The number of hydrogen-bond acceptors (Lipinski definition) is 3. The Morgan fingerprint density at radius 1 is 1.41 bits per heavy atom. The Kier molecular flexibility index (Phi) is 3.82. The van der Waals surface area contributed by atoms with Gasteiger partial charge >= 0.3 is 0 Å². The number of rotatable bonds is 4. The molecule has 1 aliphatic rings. The second kappa shape index (κ2) is 5.17. The third-order valence-corrected chi connectivity index (χ3v) is 3.63. The van der Waals surface area contributed by atoms with Gasteiger partial charge in [-0.15, -0.1) is 0 Å². The van der Waals surface area contributed by atoms with Crippen molar-refractivity contribution in [2.75, 3.05) is 13.6 Å². The van der Waals surface area contributed by atoms with Crippen LogP contribution in [0.15, 0.2) is 24.3 Å². The predicted molar refractivity (Wildman–Crippen MR) is 67.8 cm³/mol. The van der Waals surface area contributed by atoms with Crippen LogP contribution in [-0.2, 0) is 6.42 Å². The molecule has 94 valence electrons. The Morgan fingerprint density at radius 3 is 2.76 bits per heavy atom. The van der Waals surface area contributed by atoms with E-state index in [9.17, 15) is 10.2 Å². The number of aliphatic hydroxyl groups is 2. The summed E-state index contributed by atoms with van der Waals surface area (Å²) in [4.78, 5) is 2.15. The Morgan fingerprint density at radius 2 is 2.12 bits per heavy atom. The molecule has 0 amide bonds. The van der Waals surface area contributed by atoms with Crippen molar-refractivity contribution in [1.82, 2.24) is 4.90 Å². The zero-order valence-corrected chi connectivity index (χ0v) is 10.5. The zero-order valence-electron chi connectivity index (χ0n) is 10.5. The van der Waals surface area contributed by atoms with E-state index in [0.717, 1.165) is 24.9 Å². The number of aliphatic hydroxyl groups excluding tert-OH is 2. The van der Waals surface area contributed by atoms with E-state index in [4.69, 9.17) is 0 Å². The maximum absolute atomic E-state index is 10.3. The molecule has 0 heterocycles. The van der Waals surface area contributed by atoms with Crippen LogP contribution in [0.3, 0.4) is 0 Å². The van der Waals surface area contributed by atoms with Crippen LogP contribution >= 0.6 is 0 Å². The maximum atomic E-state index is 10.3. The Bertz CT molecular complexity index is 378. The monoisotopic (exact) mass is 235 g/mol. The van der Waals surface area contributed by atoms with Crippen LogP contribution in [0.2, 0.25) is 0 Å². The summed E-state index contributed by atoms with van der Waals surface area (Å²) in [6, 6.07) is 8.22. The van der Waals surface area contributed by atoms with Gasteiger partial charge in [0, 0.05) is 12.6 Å². The average molecular weight is 235 g/mol. The molecule has 1 aromatic carbocycles. The van der Waals surface area contributed by atoms with Gasteiger partial charge in [0.2, 0.25) is 0 Å². The minimum Gasteiger partial charge on any atom is -0.393 e. The third-order valence-electron chi connectivity index (χ3n) is 3.63. The van der Waals surface area contributed by atoms with Crippen LogP contribution in [0, 0.1) is 0 Å². The van der Waals surface area contributed by atoms with Gasteiger partial charge in [-0.2, -0.15) is 0 Å². The average Bonchev–Trinajstić information content (AvgIpc) is 2.64. The maximum Gasteiger partial charge on any atom is 0.0950 e. The van der Waals surface area contributed by atoms with Crippen LogP contribution in [0.5, 0.6) is 0 Å². The van der Waals surface area contributed by atoms with Crippen molar-refractivity contribution >= 4 is 0 Å². The van der Waals surface area contributed by atoms with Crippen LogP contribution in [0.4, 0.5) is 0 Å². The van der Waals surface area contributed by atoms with Gasteiger partial charge < -0.3 is 15.1 Å². The van der Waals surface area contributed by atoms with Crippen LogP contribution in [0.1, 0.15) is 30.6 Å². The molecule has 0 radical (unpaired) electrons. The molecule has 0 spiro atoms. The van der Waals surface area contributed by atoms with Crippen molar-refractivity contribution in [3.63, 3.8) is 0 Å². The van der Waals surface area contributed by atoms with E-state index in [1.807, 2.05) is 25.2 Å². The summed E-state index contributed by atoms with van der Waals surface area (Å²) < 4.78 is 0. The van der Waals surface area contributed by atoms with Crippen molar-refractivity contribution in [3.05, 3.63) is 35.4 Å². The summed E-state index contributed by atoms with van der Waals surface area (Å²) in [6.45, 7) is 2.61. The molecule has 3 heteroatoms. The van der Waals surface area contributed by atoms with Gasteiger partial charge in [0.25, 0.3) is 0 Å². The number of benzene rings is 1. The molecule has 0 bridgehead atoms. The van der Waals surface area contributed by atoms with E-state index in [2.05, 4.69) is 11.0 Å². The van der Waals surface area contributed by atoms with Crippen molar-refractivity contribution in [1.29, 1.82) is 0 Å². The second-order valence-corrected chi connectivity index (χ2v) is 5.03. The molecule has 2 rings (SSSR count). The first-order chi connectivity index (χ1) is 8.09. The van der Waals surface area contributed by atoms with Crippen molar-refractivity contribution in [2.45, 2.75) is 38.0 Å². The molecule has 1 aromatic rings. The van der Waals surface area contributed by atoms with E-state index in [1.165, 1.54) is 5.56 Å². The van der Waals surface area contributed by atoms with Gasteiger partial charge in [-0.05, 0) is 37.9 Å². The highest BCUT2D eigenvalue weighted by atomic mass is 16.3. The fourth-order valence-corrected chi connectivity index (χ4v) is 2.51. The quantitative estimate of drug-likeness (QED) is 0.828. The Balaban J connectivity index is 2.01. The molecule has 0 saturated carbocycles. The first-order valence-electron chi connectivity index (χ1n) is 6.23. The van der Waals surface area contributed by atoms with Crippen LogP contribution in [-0.4, -0.2) is 40.9 Å². The summed E-state index contributed by atoms with van der Waals surface area (Å²) in [5, 5.41) is 19.6. The van der Waals surface area contributed by atoms with E-state index in [0.29, 0.717) is 0 Å². The summed E-state index contributed by atoms with van der Waals surface area (Å²) in [5.74, 6) is 0. The topological polar surface area (TPSA) is 43.7 Å². The number of nitrogens with zero attached hydrogens (tertiary/aromatic N) is 1. The van der Waals surface area contributed by atoms with Gasteiger partial charge in [0.1, 0.15) is 0 Å². The highest BCUT2D eigenvalue weighted by molar-refractivity contribution is 5.35. The summed E-state index contributed by atoms with van der Waals surface area (Å²) in [6.07, 6.45) is 0.965. The Hall–Kier alpha value is -0.900. The first kappa shape index (κ1) is 12.6. The van der Waals surface area contributed by atoms with Gasteiger partial charge in [-0.1, -0.05) is 24.3 Å². The molecule has 0 fully saturated rings. The van der Waals surface area contributed by atoms with Gasteiger partial charge in [-0.25, -0.2) is 0 Å². The second-order valence-electron chi connectivity index (χ2n) is 5.03. The fraction of sp³-hybridized carbons (Fsp3) is 0.571. The lowest BCUT2D eigenvalue weighted by molar-refractivity contribution is 0.0659. The molecule has 0 aromatic heterocycles. The third kappa shape index (κ3) is 2.68. The zero-order chi connectivity index (χ0) is 12.4. The lowest BCUT2D eigenvalue weighted by Crippen LogP contribution is -2.36. The van der Waals surface area contributed by atoms with Crippen molar-refractivity contribution in [2.24, 2.45) is 0 Å². The smallest absolute Gasteiger partial charge is 0.0950 e. The van der Waals surface area contributed by atoms with Gasteiger partial charge in [-0.3, -0.25) is 0 Å². The summed E-state index contributed by atoms with van der Waals surface area (Å²) in [7, 11) is 2.02. The van der Waals surface area contributed by atoms with E-state index in [1.54, 1.807) is 6.92 Å². The van der Waals surface area contributed by atoms with Crippen molar-refractivity contribution in [3.8, 4) is 0 Å². The molecule has 1 aliphatic carbocycles. The standard InChI is InChI=1S/C14H21NO2/c1-10(16)7-8-15(2)13-9-11-5-3-4-6-12(11)14(13)17/h3-6,10,13-14,16-17H,7-9H2,1-2H3. The SMILES string of the molecule is CC(O)CCN(C)C1Cc2ccccc2C1O. The van der Waals surface area contributed by atoms with Gasteiger partial charge in [0.15, 0.2) is 0 Å².